The van der Waals surface area contributed by atoms with E-state index in [0.717, 1.165) is 19.4 Å². The molecule has 0 saturated heterocycles. The molecule has 0 saturated carbocycles. The third-order valence-electron chi connectivity index (χ3n) is 3.00. The van der Waals surface area contributed by atoms with Crippen molar-refractivity contribution in [2.45, 2.75) is 32.7 Å². The molecule has 0 bridgehead atoms. The second-order valence-corrected chi connectivity index (χ2v) is 4.19. The Morgan fingerprint density at radius 2 is 1.88 bits per heavy atom. The summed E-state index contributed by atoms with van der Waals surface area (Å²) in [5.74, 6) is 0.300. The Kier molecular flexibility index (Phi) is 6.12. The zero-order valence-electron chi connectivity index (χ0n) is 10.3. The summed E-state index contributed by atoms with van der Waals surface area (Å²) < 4.78 is 0. The highest BCUT2D eigenvalue weighted by Gasteiger charge is 2.19. The lowest BCUT2D eigenvalue weighted by molar-refractivity contribution is 0.185. The van der Waals surface area contributed by atoms with Crippen LogP contribution in [0.4, 0.5) is 0 Å². The summed E-state index contributed by atoms with van der Waals surface area (Å²) in [7, 11) is 0. The van der Waals surface area contributed by atoms with Crippen molar-refractivity contribution in [2.75, 3.05) is 13.2 Å². The van der Waals surface area contributed by atoms with E-state index in [2.05, 4.69) is 43.4 Å². The van der Waals surface area contributed by atoms with Gasteiger partial charge in [-0.05, 0) is 24.9 Å². The van der Waals surface area contributed by atoms with E-state index in [0.29, 0.717) is 5.92 Å². The Morgan fingerprint density at radius 3 is 2.38 bits per heavy atom. The van der Waals surface area contributed by atoms with Gasteiger partial charge in [0.05, 0.1) is 0 Å². The predicted octanol–water partition coefficient (Wildman–Crippen LogP) is 2.75. The van der Waals surface area contributed by atoms with E-state index in [-0.39, 0.29) is 12.6 Å². The standard InChI is InChI=1S/C14H23NO/c1-3-10-15-14(12(4-2)11-16)13-8-6-5-7-9-13/h5-9,12,14-16H,3-4,10-11H2,1-2H3. The molecular formula is C14H23NO. The maximum atomic E-state index is 9.42. The summed E-state index contributed by atoms with van der Waals surface area (Å²) in [4.78, 5) is 0. The zero-order chi connectivity index (χ0) is 11.8. The van der Waals surface area contributed by atoms with Crippen molar-refractivity contribution in [3.8, 4) is 0 Å². The summed E-state index contributed by atoms with van der Waals surface area (Å²) in [6.07, 6.45) is 2.11. The molecular weight excluding hydrogens is 198 g/mol. The number of aliphatic hydroxyl groups excluding tert-OH is 1. The van der Waals surface area contributed by atoms with Crippen LogP contribution in [0.25, 0.3) is 0 Å². The normalized spacial score (nSPS) is 14.7. The Hall–Kier alpha value is -0.860. The van der Waals surface area contributed by atoms with Crippen molar-refractivity contribution in [3.05, 3.63) is 35.9 Å². The van der Waals surface area contributed by atoms with Gasteiger partial charge in [-0.25, -0.2) is 0 Å². The Morgan fingerprint density at radius 1 is 1.19 bits per heavy atom. The van der Waals surface area contributed by atoms with Crippen molar-refractivity contribution in [2.24, 2.45) is 5.92 Å². The van der Waals surface area contributed by atoms with Crippen LogP contribution in [-0.2, 0) is 0 Å². The Balaban J connectivity index is 2.78. The second kappa shape index (κ2) is 7.42. The van der Waals surface area contributed by atoms with Crippen molar-refractivity contribution >= 4 is 0 Å². The van der Waals surface area contributed by atoms with Gasteiger partial charge in [-0.2, -0.15) is 0 Å². The van der Waals surface area contributed by atoms with Gasteiger partial charge >= 0.3 is 0 Å². The molecule has 2 nitrogen and oxygen atoms in total. The molecule has 2 unspecified atom stereocenters. The maximum absolute atomic E-state index is 9.42. The molecule has 16 heavy (non-hydrogen) atoms. The molecule has 0 aliphatic heterocycles. The average Bonchev–Trinajstić information content (AvgIpc) is 2.35. The molecule has 0 heterocycles. The number of nitrogens with one attached hydrogen (secondary N) is 1. The molecule has 0 aliphatic carbocycles. The number of hydrogen-bond acceptors (Lipinski definition) is 2. The number of hydrogen-bond donors (Lipinski definition) is 2. The van der Waals surface area contributed by atoms with E-state index in [1.54, 1.807) is 0 Å². The van der Waals surface area contributed by atoms with Crippen molar-refractivity contribution in [1.29, 1.82) is 0 Å². The SMILES string of the molecule is CCCNC(c1ccccc1)C(CC)CO. The molecule has 1 rings (SSSR count). The van der Waals surface area contributed by atoms with Crippen LogP contribution in [0.15, 0.2) is 30.3 Å². The summed E-state index contributed by atoms with van der Waals surface area (Å²) in [5, 5.41) is 12.9. The molecule has 1 aromatic carbocycles. The van der Waals surface area contributed by atoms with Crippen LogP contribution in [0.1, 0.15) is 38.3 Å². The lowest BCUT2D eigenvalue weighted by atomic mass is 9.91. The number of benzene rings is 1. The lowest BCUT2D eigenvalue weighted by Gasteiger charge is -2.26. The first-order valence-electron chi connectivity index (χ1n) is 6.22. The van der Waals surface area contributed by atoms with Gasteiger partial charge in [0.1, 0.15) is 0 Å². The Bertz CT molecular complexity index is 269. The fourth-order valence-electron chi connectivity index (χ4n) is 1.99. The van der Waals surface area contributed by atoms with E-state index < -0.39 is 0 Å². The van der Waals surface area contributed by atoms with Crippen molar-refractivity contribution in [3.63, 3.8) is 0 Å². The summed E-state index contributed by atoms with van der Waals surface area (Å²) in [5.41, 5.74) is 1.27. The maximum Gasteiger partial charge on any atom is 0.0477 e. The van der Waals surface area contributed by atoms with Crippen LogP contribution in [-0.4, -0.2) is 18.3 Å². The molecule has 90 valence electrons. The van der Waals surface area contributed by atoms with E-state index >= 15 is 0 Å². The van der Waals surface area contributed by atoms with Crippen LogP contribution in [0, 0.1) is 5.92 Å². The van der Waals surface area contributed by atoms with Gasteiger partial charge in [-0.15, -0.1) is 0 Å². The molecule has 2 heteroatoms. The van der Waals surface area contributed by atoms with Gasteiger partial charge in [-0.3, -0.25) is 0 Å². The summed E-state index contributed by atoms with van der Waals surface area (Å²) in [6, 6.07) is 10.7. The predicted molar refractivity (Wildman–Crippen MR) is 68.3 cm³/mol. The highest BCUT2D eigenvalue weighted by atomic mass is 16.3. The molecule has 0 aliphatic rings. The van der Waals surface area contributed by atoms with Gasteiger partial charge in [0, 0.05) is 18.6 Å². The molecule has 1 aromatic rings. The zero-order valence-corrected chi connectivity index (χ0v) is 10.3. The summed E-state index contributed by atoms with van der Waals surface area (Å²) in [6.45, 7) is 5.53. The molecule has 0 amide bonds. The number of rotatable bonds is 7. The topological polar surface area (TPSA) is 32.3 Å². The average molecular weight is 221 g/mol. The van der Waals surface area contributed by atoms with E-state index in [1.807, 2.05) is 6.07 Å². The highest BCUT2D eigenvalue weighted by Crippen LogP contribution is 2.24. The van der Waals surface area contributed by atoms with E-state index in [4.69, 9.17) is 0 Å². The van der Waals surface area contributed by atoms with Crippen LogP contribution in [0.3, 0.4) is 0 Å². The smallest absolute Gasteiger partial charge is 0.0477 e. The van der Waals surface area contributed by atoms with Gasteiger partial charge in [0.2, 0.25) is 0 Å². The van der Waals surface area contributed by atoms with Gasteiger partial charge in [-0.1, -0.05) is 44.2 Å². The second-order valence-electron chi connectivity index (χ2n) is 4.19. The molecule has 0 radical (unpaired) electrons. The van der Waals surface area contributed by atoms with Gasteiger partial charge in [0.15, 0.2) is 0 Å². The first kappa shape index (κ1) is 13.2. The van der Waals surface area contributed by atoms with Crippen LogP contribution in [0.5, 0.6) is 0 Å². The largest absolute Gasteiger partial charge is 0.396 e. The third kappa shape index (κ3) is 3.62. The van der Waals surface area contributed by atoms with Crippen LogP contribution >= 0.6 is 0 Å². The quantitative estimate of drug-likeness (QED) is 0.742. The molecule has 2 N–H and O–H groups in total. The molecule has 2 atom stereocenters. The fraction of sp³-hybridized carbons (Fsp3) is 0.571. The van der Waals surface area contributed by atoms with Crippen molar-refractivity contribution < 1.29 is 5.11 Å². The van der Waals surface area contributed by atoms with E-state index in [1.165, 1.54) is 5.56 Å². The fourth-order valence-corrected chi connectivity index (χ4v) is 1.99. The highest BCUT2D eigenvalue weighted by molar-refractivity contribution is 5.19. The van der Waals surface area contributed by atoms with E-state index in [9.17, 15) is 5.11 Å². The van der Waals surface area contributed by atoms with Crippen molar-refractivity contribution in [1.82, 2.24) is 5.32 Å². The van der Waals surface area contributed by atoms with Gasteiger partial charge < -0.3 is 10.4 Å². The monoisotopic (exact) mass is 221 g/mol. The molecule has 0 spiro atoms. The first-order chi connectivity index (χ1) is 7.83. The summed E-state index contributed by atoms with van der Waals surface area (Å²) >= 11 is 0. The Labute approximate surface area is 98.7 Å². The third-order valence-corrected chi connectivity index (χ3v) is 3.00. The number of aliphatic hydroxyl groups is 1. The van der Waals surface area contributed by atoms with Crippen LogP contribution in [0.2, 0.25) is 0 Å². The molecule has 0 fully saturated rings. The minimum absolute atomic E-state index is 0.243. The minimum atomic E-state index is 0.243. The van der Waals surface area contributed by atoms with Crippen LogP contribution < -0.4 is 5.32 Å². The lowest BCUT2D eigenvalue weighted by Crippen LogP contribution is -2.30. The van der Waals surface area contributed by atoms with Gasteiger partial charge in [0.25, 0.3) is 0 Å². The molecule has 0 aromatic heterocycles. The minimum Gasteiger partial charge on any atom is -0.396 e. The first-order valence-corrected chi connectivity index (χ1v) is 6.22.